The lowest BCUT2D eigenvalue weighted by Gasteiger charge is -2.22. The molecule has 0 radical (unpaired) electrons. The van der Waals surface area contributed by atoms with Crippen molar-refractivity contribution in [1.29, 1.82) is 0 Å². The van der Waals surface area contributed by atoms with Crippen LogP contribution < -0.4 is 0 Å². The Balaban J connectivity index is 0. The smallest absolute Gasteiger partial charge is 0.303 e. The van der Waals surface area contributed by atoms with Crippen molar-refractivity contribution in [2.75, 3.05) is 19.6 Å². The number of aliphatic carboxylic acids is 1. The van der Waals surface area contributed by atoms with E-state index in [9.17, 15) is 4.79 Å². The van der Waals surface area contributed by atoms with E-state index in [1.54, 1.807) is 0 Å². The second-order valence-corrected chi connectivity index (χ2v) is 18.1. The minimum atomic E-state index is -0.664. The van der Waals surface area contributed by atoms with Gasteiger partial charge in [0.2, 0.25) is 0 Å². The van der Waals surface area contributed by atoms with E-state index in [4.69, 9.17) is 5.11 Å². The Hall–Kier alpha value is -0.830. The lowest BCUT2D eigenvalue weighted by molar-refractivity contribution is -0.137. The Morgan fingerprint density at radius 2 is 0.526 bits per heavy atom. The standard InChI is InChI=1S/C36H75N.C18H34O2/c1-4-7-10-13-16-19-22-25-28-31-34-37(35-32-29-26-23-20-17-14-11-8-5-2)36-33-30-27-24-21-18-15-12-9-6-3;1-2-3-4-5-6-7-8-9-10-11-12-13-14-15-16-17-18(19)20/h4-36H2,1-3H3;9-10H,2-8,11-17H2,1H3,(H,19,20)/b;10-9-. The summed E-state index contributed by atoms with van der Waals surface area (Å²) in [6, 6.07) is 0. The minimum absolute atomic E-state index is 0.332. The van der Waals surface area contributed by atoms with Crippen LogP contribution in [0.4, 0.5) is 0 Å². The summed E-state index contributed by atoms with van der Waals surface area (Å²) in [7, 11) is 0. The number of rotatable bonds is 48. The molecule has 0 spiro atoms. The molecular weight excluding hydrogens is 695 g/mol. The molecule has 0 fully saturated rings. The monoisotopic (exact) mass is 804 g/mol. The van der Waals surface area contributed by atoms with Gasteiger partial charge in [0.15, 0.2) is 0 Å². The number of nitrogens with zero attached hydrogens (tertiary/aromatic N) is 1. The van der Waals surface area contributed by atoms with Crippen molar-refractivity contribution in [2.45, 2.75) is 310 Å². The first kappa shape index (κ1) is 58.3. The molecule has 342 valence electrons. The summed E-state index contributed by atoms with van der Waals surface area (Å²) in [5, 5.41) is 8.51. The molecule has 3 nitrogen and oxygen atoms in total. The van der Waals surface area contributed by atoms with Crippen molar-refractivity contribution in [3.05, 3.63) is 12.2 Å². The Bertz CT molecular complexity index is 678. The summed E-state index contributed by atoms with van der Waals surface area (Å²) in [5.74, 6) is -0.664. The first-order chi connectivity index (χ1) is 28.1. The molecule has 0 aliphatic rings. The van der Waals surface area contributed by atoms with Gasteiger partial charge in [-0.2, -0.15) is 0 Å². The summed E-state index contributed by atoms with van der Waals surface area (Å²) in [4.78, 5) is 13.2. The Kier molecular flexibility index (Phi) is 56.4. The number of hydrogen-bond donors (Lipinski definition) is 1. The number of carbonyl (C=O) groups is 1. The molecule has 0 aromatic heterocycles. The summed E-state index contributed by atoms with van der Waals surface area (Å²) >= 11 is 0. The highest BCUT2D eigenvalue weighted by molar-refractivity contribution is 5.66. The van der Waals surface area contributed by atoms with Gasteiger partial charge in [-0.25, -0.2) is 0 Å². The molecule has 0 bridgehead atoms. The molecule has 57 heavy (non-hydrogen) atoms. The van der Waals surface area contributed by atoms with E-state index in [1.165, 1.54) is 283 Å². The van der Waals surface area contributed by atoms with Crippen molar-refractivity contribution in [2.24, 2.45) is 0 Å². The van der Waals surface area contributed by atoms with E-state index < -0.39 is 5.97 Å². The highest BCUT2D eigenvalue weighted by Gasteiger charge is 2.05. The van der Waals surface area contributed by atoms with Gasteiger partial charge in [0.25, 0.3) is 0 Å². The van der Waals surface area contributed by atoms with Crippen molar-refractivity contribution in [3.8, 4) is 0 Å². The highest BCUT2D eigenvalue weighted by Crippen LogP contribution is 2.15. The average molecular weight is 804 g/mol. The maximum absolute atomic E-state index is 10.3. The molecule has 0 heterocycles. The zero-order chi connectivity index (χ0) is 41.8. The fraction of sp³-hybridized carbons (Fsp3) is 0.944. The normalized spacial score (nSPS) is 11.5. The molecule has 0 amide bonds. The van der Waals surface area contributed by atoms with Gasteiger partial charge in [0.05, 0.1) is 0 Å². The Labute approximate surface area is 361 Å². The third kappa shape index (κ3) is 57.3. The van der Waals surface area contributed by atoms with Gasteiger partial charge in [-0.1, -0.05) is 265 Å². The lowest BCUT2D eigenvalue weighted by atomic mass is 10.1. The number of unbranched alkanes of at least 4 members (excludes halogenated alkanes) is 38. The molecule has 0 aromatic carbocycles. The fourth-order valence-corrected chi connectivity index (χ4v) is 8.15. The second-order valence-electron chi connectivity index (χ2n) is 18.1. The zero-order valence-electron chi connectivity index (χ0n) is 40.2. The van der Waals surface area contributed by atoms with E-state index in [0.29, 0.717) is 6.42 Å². The van der Waals surface area contributed by atoms with E-state index in [0.717, 1.165) is 12.8 Å². The largest absolute Gasteiger partial charge is 0.481 e. The van der Waals surface area contributed by atoms with Gasteiger partial charge in [0.1, 0.15) is 0 Å². The van der Waals surface area contributed by atoms with Gasteiger partial charge in [-0.15, -0.1) is 0 Å². The minimum Gasteiger partial charge on any atom is -0.481 e. The van der Waals surface area contributed by atoms with E-state index in [-0.39, 0.29) is 0 Å². The van der Waals surface area contributed by atoms with Crippen LogP contribution in [0.25, 0.3) is 0 Å². The third-order valence-corrected chi connectivity index (χ3v) is 12.1. The van der Waals surface area contributed by atoms with Crippen LogP contribution in [0.2, 0.25) is 0 Å². The number of carboxylic acids is 1. The molecule has 0 aliphatic carbocycles. The quantitative estimate of drug-likeness (QED) is 0.0492. The van der Waals surface area contributed by atoms with Gasteiger partial charge >= 0.3 is 5.97 Å². The van der Waals surface area contributed by atoms with Crippen molar-refractivity contribution in [3.63, 3.8) is 0 Å². The maximum atomic E-state index is 10.3. The van der Waals surface area contributed by atoms with Crippen LogP contribution in [0.5, 0.6) is 0 Å². The van der Waals surface area contributed by atoms with Gasteiger partial charge in [0, 0.05) is 6.42 Å². The topological polar surface area (TPSA) is 40.5 Å². The molecular formula is C54H109NO2. The highest BCUT2D eigenvalue weighted by atomic mass is 16.4. The van der Waals surface area contributed by atoms with Crippen LogP contribution in [0.15, 0.2) is 12.2 Å². The SMILES string of the molecule is CCCCCCCC/C=C\CCCCCCCC(=O)O.CCCCCCCCCCCCN(CCCCCCCCCCCC)CCCCCCCCCCCC. The Morgan fingerprint density at radius 1 is 0.316 bits per heavy atom. The number of allylic oxidation sites excluding steroid dienone is 2. The van der Waals surface area contributed by atoms with E-state index in [2.05, 4.69) is 44.7 Å². The first-order valence-corrected chi connectivity index (χ1v) is 26.7. The molecule has 0 rings (SSSR count). The van der Waals surface area contributed by atoms with E-state index >= 15 is 0 Å². The van der Waals surface area contributed by atoms with E-state index in [1.807, 2.05) is 0 Å². The molecule has 1 N–H and O–H groups in total. The third-order valence-electron chi connectivity index (χ3n) is 12.1. The molecule has 0 aliphatic heterocycles. The average Bonchev–Trinajstić information content (AvgIpc) is 3.21. The number of hydrogen-bond acceptors (Lipinski definition) is 2. The van der Waals surface area contributed by atoms with Crippen LogP contribution in [0.3, 0.4) is 0 Å². The van der Waals surface area contributed by atoms with Crippen LogP contribution in [0.1, 0.15) is 310 Å². The number of carboxylic acid groups (broad SMARTS) is 1. The molecule has 0 saturated heterocycles. The summed E-state index contributed by atoms with van der Waals surface area (Å²) in [5.41, 5.74) is 0. The van der Waals surface area contributed by atoms with Crippen molar-refractivity contribution < 1.29 is 9.90 Å². The van der Waals surface area contributed by atoms with Gasteiger partial charge in [-0.05, 0) is 71.0 Å². The predicted octanol–water partition coefficient (Wildman–Crippen LogP) is 19.2. The molecule has 0 saturated carbocycles. The Morgan fingerprint density at radius 3 is 0.772 bits per heavy atom. The lowest BCUT2D eigenvalue weighted by Crippen LogP contribution is -2.27. The predicted molar refractivity (Wildman–Crippen MR) is 259 cm³/mol. The molecule has 0 atom stereocenters. The second kappa shape index (κ2) is 55.2. The van der Waals surface area contributed by atoms with Crippen molar-refractivity contribution in [1.82, 2.24) is 4.90 Å². The van der Waals surface area contributed by atoms with Crippen LogP contribution >= 0.6 is 0 Å². The molecule has 3 heteroatoms. The van der Waals surface area contributed by atoms with Gasteiger partial charge < -0.3 is 10.0 Å². The summed E-state index contributed by atoms with van der Waals surface area (Å²) < 4.78 is 0. The zero-order valence-corrected chi connectivity index (χ0v) is 40.2. The first-order valence-electron chi connectivity index (χ1n) is 26.7. The van der Waals surface area contributed by atoms with Crippen LogP contribution in [0, 0.1) is 0 Å². The van der Waals surface area contributed by atoms with Crippen LogP contribution in [-0.4, -0.2) is 35.6 Å². The summed E-state index contributed by atoms with van der Waals surface area (Å²) in [6.07, 6.45) is 64.8. The maximum Gasteiger partial charge on any atom is 0.303 e. The van der Waals surface area contributed by atoms with Crippen molar-refractivity contribution >= 4 is 5.97 Å². The van der Waals surface area contributed by atoms with Gasteiger partial charge in [-0.3, -0.25) is 4.79 Å². The molecule has 0 unspecified atom stereocenters. The fourth-order valence-electron chi connectivity index (χ4n) is 8.15. The molecule has 0 aromatic rings. The van der Waals surface area contributed by atoms with Crippen LogP contribution in [-0.2, 0) is 4.79 Å². The summed E-state index contributed by atoms with van der Waals surface area (Å²) in [6.45, 7) is 13.3.